The lowest BCUT2D eigenvalue weighted by Gasteiger charge is -1.83. The van der Waals surface area contributed by atoms with Crippen molar-refractivity contribution in [3.63, 3.8) is 0 Å². The number of hydrogen-bond donors (Lipinski definition) is 0. The average Bonchev–Trinajstić information content (AvgIpc) is 2.05. The Morgan fingerprint density at radius 3 is 2.00 bits per heavy atom. The topological polar surface area (TPSA) is 12.4 Å². The van der Waals surface area contributed by atoms with Gasteiger partial charge in [-0.15, -0.1) is 0 Å². The third kappa shape index (κ3) is 12.4. The summed E-state index contributed by atoms with van der Waals surface area (Å²) >= 11 is 0. The number of allylic oxidation sites excluding steroid dienone is 3. The fourth-order valence-electron chi connectivity index (χ4n) is 0.476. The van der Waals surface area contributed by atoms with Gasteiger partial charge in [0.2, 0.25) is 0 Å². The summed E-state index contributed by atoms with van der Waals surface area (Å²) in [5.74, 6) is 0. The highest BCUT2D eigenvalue weighted by Crippen LogP contribution is 1.82. The first-order valence-corrected chi connectivity index (χ1v) is 4.09. The van der Waals surface area contributed by atoms with E-state index in [9.17, 15) is 0 Å². The third-order valence-corrected chi connectivity index (χ3v) is 0.835. The van der Waals surface area contributed by atoms with E-state index in [0.717, 1.165) is 5.71 Å². The van der Waals surface area contributed by atoms with Crippen molar-refractivity contribution in [2.24, 2.45) is 4.99 Å². The van der Waals surface area contributed by atoms with Crippen molar-refractivity contribution in [2.45, 2.75) is 34.6 Å². The second kappa shape index (κ2) is 11.9. The molecule has 0 radical (unpaired) electrons. The van der Waals surface area contributed by atoms with Gasteiger partial charge in [-0.3, -0.25) is 4.99 Å². The van der Waals surface area contributed by atoms with E-state index in [4.69, 9.17) is 0 Å². The van der Waals surface area contributed by atoms with Crippen LogP contribution in [-0.2, 0) is 0 Å². The van der Waals surface area contributed by atoms with E-state index >= 15 is 0 Å². The number of hydrogen-bond acceptors (Lipinski definition) is 1. The van der Waals surface area contributed by atoms with E-state index in [2.05, 4.69) is 4.99 Å². The maximum Gasteiger partial charge on any atom is 0.0369 e. The van der Waals surface area contributed by atoms with Crippen molar-refractivity contribution in [2.75, 3.05) is 0 Å². The molecule has 0 fully saturated rings. The highest BCUT2D eigenvalue weighted by Gasteiger charge is 1.74. The van der Waals surface area contributed by atoms with Gasteiger partial charge in [-0.05, 0) is 26.8 Å². The molecular weight excluding hydrogens is 134 g/mol. The first-order chi connectivity index (χ1) is 5.31. The number of aliphatic imine (C=N–C) groups is 1. The van der Waals surface area contributed by atoms with E-state index in [1.165, 1.54) is 0 Å². The molecular formula is C10H19N. The predicted octanol–water partition coefficient (Wildman–Crippen LogP) is 3.58. The second-order valence-corrected chi connectivity index (χ2v) is 1.75. The van der Waals surface area contributed by atoms with E-state index < -0.39 is 0 Å². The van der Waals surface area contributed by atoms with Gasteiger partial charge in [-0.25, -0.2) is 0 Å². The highest BCUT2D eigenvalue weighted by atomic mass is 14.7. The van der Waals surface area contributed by atoms with Gasteiger partial charge in [0.25, 0.3) is 0 Å². The van der Waals surface area contributed by atoms with Gasteiger partial charge in [0.05, 0.1) is 0 Å². The number of rotatable bonds is 2. The van der Waals surface area contributed by atoms with Gasteiger partial charge in [0.15, 0.2) is 0 Å². The maximum atomic E-state index is 4.08. The molecule has 0 amide bonds. The molecule has 0 saturated carbocycles. The zero-order valence-electron chi connectivity index (χ0n) is 8.26. The molecule has 0 rings (SSSR count). The largest absolute Gasteiger partial charge is 0.262 e. The Bertz CT molecular complexity index is 141. The van der Waals surface area contributed by atoms with Gasteiger partial charge in [-0.1, -0.05) is 26.0 Å². The van der Waals surface area contributed by atoms with Crippen molar-refractivity contribution in [1.82, 2.24) is 0 Å². The first-order valence-electron chi connectivity index (χ1n) is 4.09. The van der Waals surface area contributed by atoms with Crippen molar-refractivity contribution in [3.8, 4) is 0 Å². The lowest BCUT2D eigenvalue weighted by atomic mass is 10.4. The van der Waals surface area contributed by atoms with Crippen LogP contribution in [0.3, 0.4) is 0 Å². The van der Waals surface area contributed by atoms with Crippen LogP contribution >= 0.6 is 0 Å². The summed E-state index contributed by atoms with van der Waals surface area (Å²) < 4.78 is 0. The van der Waals surface area contributed by atoms with E-state index in [1.54, 1.807) is 6.20 Å². The molecule has 0 bridgehead atoms. The van der Waals surface area contributed by atoms with Gasteiger partial charge in [0.1, 0.15) is 0 Å². The van der Waals surface area contributed by atoms with Crippen LogP contribution in [0.4, 0.5) is 0 Å². The molecule has 0 unspecified atom stereocenters. The second-order valence-electron chi connectivity index (χ2n) is 1.75. The summed E-state index contributed by atoms with van der Waals surface area (Å²) in [6, 6.07) is 0. The zero-order valence-corrected chi connectivity index (χ0v) is 8.26. The van der Waals surface area contributed by atoms with E-state index in [-0.39, 0.29) is 0 Å². The molecule has 0 saturated heterocycles. The lowest BCUT2D eigenvalue weighted by molar-refractivity contribution is 1.50. The molecule has 1 heteroatoms. The Labute approximate surface area is 70.5 Å². The van der Waals surface area contributed by atoms with Crippen LogP contribution in [-0.4, -0.2) is 5.71 Å². The van der Waals surface area contributed by atoms with Crippen molar-refractivity contribution < 1.29 is 0 Å². The van der Waals surface area contributed by atoms with Crippen LogP contribution in [0.2, 0.25) is 0 Å². The van der Waals surface area contributed by atoms with Crippen LogP contribution in [0.1, 0.15) is 34.6 Å². The minimum Gasteiger partial charge on any atom is -0.262 e. The lowest BCUT2D eigenvalue weighted by Crippen LogP contribution is -1.79. The molecule has 0 N–H and O–H groups in total. The minimum absolute atomic E-state index is 1.04. The fraction of sp³-hybridized carbons (Fsp3) is 0.500. The Hall–Kier alpha value is -0.850. The molecule has 0 aromatic heterocycles. The van der Waals surface area contributed by atoms with E-state index in [0.29, 0.717) is 0 Å². The van der Waals surface area contributed by atoms with Crippen LogP contribution < -0.4 is 0 Å². The Balaban J connectivity index is 0. The standard InChI is InChI=1S/C8H13N.C2H6/c1-4-6-8(3)9-7-5-2;1-2/h4-7H,1-3H3;1-2H3/b6-4-,7-5-,9-8-;. The molecule has 0 spiro atoms. The molecule has 0 aromatic carbocycles. The van der Waals surface area contributed by atoms with Crippen molar-refractivity contribution >= 4 is 5.71 Å². The summed E-state index contributed by atoms with van der Waals surface area (Å²) in [5.41, 5.74) is 1.04. The summed E-state index contributed by atoms with van der Waals surface area (Å²) in [6.07, 6.45) is 7.64. The Kier molecular flexibility index (Phi) is 13.8. The van der Waals surface area contributed by atoms with Gasteiger partial charge in [-0.2, -0.15) is 0 Å². The SMILES string of the molecule is CC.C\C=C/N=C(C)\C=C/C. The number of nitrogens with zero attached hydrogens (tertiary/aromatic N) is 1. The molecule has 11 heavy (non-hydrogen) atoms. The van der Waals surface area contributed by atoms with Gasteiger partial charge in [0, 0.05) is 11.9 Å². The first kappa shape index (κ1) is 12.8. The van der Waals surface area contributed by atoms with Crippen LogP contribution in [0.15, 0.2) is 29.4 Å². The quantitative estimate of drug-likeness (QED) is 0.538. The Morgan fingerprint density at radius 2 is 1.64 bits per heavy atom. The zero-order chi connectivity index (χ0) is 9.11. The van der Waals surface area contributed by atoms with Crippen LogP contribution in [0.25, 0.3) is 0 Å². The van der Waals surface area contributed by atoms with Crippen molar-refractivity contribution in [1.29, 1.82) is 0 Å². The predicted molar refractivity (Wildman–Crippen MR) is 54.1 cm³/mol. The van der Waals surface area contributed by atoms with Crippen molar-refractivity contribution in [3.05, 3.63) is 24.4 Å². The monoisotopic (exact) mass is 153 g/mol. The molecule has 0 aromatic rings. The maximum absolute atomic E-state index is 4.08. The normalized spacial score (nSPS) is 11.9. The molecule has 0 aliphatic heterocycles. The van der Waals surface area contributed by atoms with Gasteiger partial charge < -0.3 is 0 Å². The van der Waals surface area contributed by atoms with Crippen LogP contribution in [0.5, 0.6) is 0 Å². The average molecular weight is 153 g/mol. The van der Waals surface area contributed by atoms with Gasteiger partial charge >= 0.3 is 0 Å². The Morgan fingerprint density at radius 1 is 1.09 bits per heavy atom. The fourth-order valence-corrected chi connectivity index (χ4v) is 0.476. The molecule has 0 atom stereocenters. The van der Waals surface area contributed by atoms with E-state index in [1.807, 2.05) is 52.8 Å². The minimum atomic E-state index is 1.04. The highest BCUT2D eigenvalue weighted by molar-refractivity contribution is 5.93. The summed E-state index contributed by atoms with van der Waals surface area (Å²) in [6.45, 7) is 9.90. The molecule has 0 heterocycles. The smallest absolute Gasteiger partial charge is 0.0369 e. The molecule has 64 valence electrons. The summed E-state index contributed by atoms with van der Waals surface area (Å²) in [5, 5.41) is 0. The molecule has 0 aliphatic carbocycles. The van der Waals surface area contributed by atoms with Crippen LogP contribution in [0, 0.1) is 0 Å². The summed E-state index contributed by atoms with van der Waals surface area (Å²) in [7, 11) is 0. The third-order valence-electron chi connectivity index (χ3n) is 0.835. The summed E-state index contributed by atoms with van der Waals surface area (Å²) in [4.78, 5) is 4.08. The molecule has 1 nitrogen and oxygen atoms in total. The molecule has 0 aliphatic rings.